The van der Waals surface area contributed by atoms with Crippen molar-refractivity contribution in [3.8, 4) is 0 Å². The largest absolute Gasteiger partial charge is 0.379 e. The van der Waals surface area contributed by atoms with Gasteiger partial charge in [-0.1, -0.05) is 12.1 Å². The average Bonchev–Trinajstić information content (AvgIpc) is 3.42. The van der Waals surface area contributed by atoms with Gasteiger partial charge in [-0.2, -0.15) is 4.31 Å². The van der Waals surface area contributed by atoms with E-state index in [1.165, 1.54) is 20.1 Å². The molecular formula is C22H24N4O5S2. The molecule has 1 N–H and O–H groups in total. The number of benzene rings is 1. The molecule has 0 radical (unpaired) electrons. The molecule has 1 aliphatic carbocycles. The Bertz CT molecular complexity index is 1360. The third-order valence-corrected chi connectivity index (χ3v) is 9.14. The SMILES string of the molecule is O=C(Cn1cnc2sc3c(c2c1=O)CCC3)NCc1ccc(S(=O)(=O)N2CCOCC2)cc1. The fourth-order valence-electron chi connectivity index (χ4n) is 4.26. The zero-order valence-corrected chi connectivity index (χ0v) is 19.6. The third-order valence-electron chi connectivity index (χ3n) is 6.03. The van der Waals surface area contributed by atoms with Crippen molar-refractivity contribution < 1.29 is 17.9 Å². The Labute approximate surface area is 195 Å². The minimum atomic E-state index is -3.55. The van der Waals surface area contributed by atoms with Crippen LogP contribution in [0.1, 0.15) is 22.4 Å². The highest BCUT2D eigenvalue weighted by atomic mass is 32.2. The lowest BCUT2D eigenvalue weighted by molar-refractivity contribution is -0.121. The smallest absolute Gasteiger partial charge is 0.262 e. The van der Waals surface area contributed by atoms with Gasteiger partial charge in [0.25, 0.3) is 5.56 Å². The van der Waals surface area contributed by atoms with Crippen molar-refractivity contribution in [3.05, 3.63) is 57.0 Å². The van der Waals surface area contributed by atoms with Crippen LogP contribution in [0.25, 0.3) is 10.2 Å². The van der Waals surface area contributed by atoms with Gasteiger partial charge in [0.1, 0.15) is 11.4 Å². The lowest BCUT2D eigenvalue weighted by atomic mass is 10.2. The molecular weight excluding hydrogens is 464 g/mol. The zero-order valence-electron chi connectivity index (χ0n) is 18.0. The van der Waals surface area contributed by atoms with E-state index in [0.29, 0.717) is 31.7 Å². The van der Waals surface area contributed by atoms with Gasteiger partial charge < -0.3 is 10.1 Å². The zero-order chi connectivity index (χ0) is 23.0. The molecule has 0 unspecified atom stereocenters. The van der Waals surface area contributed by atoms with Crippen molar-refractivity contribution in [1.29, 1.82) is 0 Å². The predicted molar refractivity (Wildman–Crippen MR) is 124 cm³/mol. The number of hydrogen-bond donors (Lipinski definition) is 1. The van der Waals surface area contributed by atoms with Gasteiger partial charge in [-0.15, -0.1) is 11.3 Å². The summed E-state index contributed by atoms with van der Waals surface area (Å²) in [6.45, 7) is 1.58. The Balaban J connectivity index is 1.23. The van der Waals surface area contributed by atoms with Crippen LogP contribution in [0.2, 0.25) is 0 Å². The quantitative estimate of drug-likeness (QED) is 0.560. The number of carbonyl (C=O) groups is 1. The van der Waals surface area contributed by atoms with E-state index in [-0.39, 0.29) is 29.5 Å². The lowest BCUT2D eigenvalue weighted by Gasteiger charge is -2.26. The van der Waals surface area contributed by atoms with E-state index in [2.05, 4.69) is 10.3 Å². The van der Waals surface area contributed by atoms with Crippen LogP contribution in [0.15, 0.2) is 40.3 Å². The Morgan fingerprint density at radius 2 is 1.91 bits per heavy atom. The molecule has 0 saturated carbocycles. The highest BCUT2D eigenvalue weighted by Crippen LogP contribution is 2.34. The number of thiophene rings is 1. The number of hydrogen-bond acceptors (Lipinski definition) is 7. The molecule has 11 heteroatoms. The Morgan fingerprint density at radius 1 is 1.15 bits per heavy atom. The highest BCUT2D eigenvalue weighted by molar-refractivity contribution is 7.89. The summed E-state index contributed by atoms with van der Waals surface area (Å²) in [7, 11) is -3.55. The molecule has 0 bridgehead atoms. The number of sulfonamides is 1. The Kier molecular flexibility index (Phi) is 6.04. The van der Waals surface area contributed by atoms with E-state index in [1.54, 1.807) is 35.6 Å². The van der Waals surface area contributed by atoms with Crippen molar-refractivity contribution in [3.63, 3.8) is 0 Å². The number of morpholine rings is 1. The average molecular weight is 489 g/mol. The van der Waals surface area contributed by atoms with Gasteiger partial charge in [-0.3, -0.25) is 14.2 Å². The molecule has 1 aromatic carbocycles. The molecule has 2 aromatic heterocycles. The van der Waals surface area contributed by atoms with Crippen molar-refractivity contribution >= 4 is 37.5 Å². The van der Waals surface area contributed by atoms with E-state index >= 15 is 0 Å². The van der Waals surface area contributed by atoms with Crippen molar-refractivity contribution in [1.82, 2.24) is 19.2 Å². The number of aryl methyl sites for hydroxylation is 2. The van der Waals surface area contributed by atoms with Crippen LogP contribution >= 0.6 is 11.3 Å². The molecule has 1 aliphatic heterocycles. The minimum Gasteiger partial charge on any atom is -0.379 e. The van der Waals surface area contributed by atoms with Gasteiger partial charge in [0.15, 0.2) is 0 Å². The minimum absolute atomic E-state index is 0.115. The topological polar surface area (TPSA) is 111 Å². The molecule has 33 heavy (non-hydrogen) atoms. The van der Waals surface area contributed by atoms with Crippen molar-refractivity contribution in [2.75, 3.05) is 26.3 Å². The van der Waals surface area contributed by atoms with Crippen LogP contribution in [-0.2, 0) is 45.5 Å². The normalized spacial score (nSPS) is 16.7. The van der Waals surface area contributed by atoms with E-state index in [1.807, 2.05) is 0 Å². The number of aromatic nitrogens is 2. The first kappa shape index (κ1) is 22.2. The first-order valence-electron chi connectivity index (χ1n) is 10.9. The number of ether oxygens (including phenoxy) is 1. The molecule has 2 aliphatic rings. The number of amides is 1. The molecule has 0 atom stereocenters. The number of nitrogens with one attached hydrogen (secondary N) is 1. The van der Waals surface area contributed by atoms with E-state index in [4.69, 9.17) is 4.74 Å². The van der Waals surface area contributed by atoms with Crippen molar-refractivity contribution in [2.24, 2.45) is 0 Å². The molecule has 9 nitrogen and oxygen atoms in total. The molecule has 3 heterocycles. The first-order chi connectivity index (χ1) is 15.9. The van der Waals surface area contributed by atoms with Crippen molar-refractivity contribution in [2.45, 2.75) is 37.2 Å². The van der Waals surface area contributed by atoms with Gasteiger partial charge in [0, 0.05) is 24.5 Å². The van der Waals surface area contributed by atoms with Gasteiger partial charge in [-0.25, -0.2) is 13.4 Å². The summed E-state index contributed by atoms with van der Waals surface area (Å²) in [5, 5.41) is 3.44. The van der Waals surface area contributed by atoms with Crippen LogP contribution in [-0.4, -0.2) is 54.5 Å². The number of rotatable bonds is 6. The second kappa shape index (κ2) is 8.98. The van der Waals surface area contributed by atoms with E-state index in [9.17, 15) is 18.0 Å². The standard InChI is InChI=1S/C22H24N4O5S2/c27-19(13-25-14-24-21-20(22(25)28)17-2-1-3-18(17)32-21)23-12-15-4-6-16(7-5-15)33(29,30)26-8-10-31-11-9-26/h4-7,14H,1-3,8-13H2,(H,23,27). The summed E-state index contributed by atoms with van der Waals surface area (Å²) >= 11 is 1.57. The molecule has 1 fully saturated rings. The molecule has 0 spiro atoms. The Morgan fingerprint density at radius 3 is 2.67 bits per heavy atom. The van der Waals surface area contributed by atoms with Gasteiger partial charge in [0.05, 0.1) is 29.8 Å². The molecule has 174 valence electrons. The van der Waals surface area contributed by atoms with E-state index < -0.39 is 10.0 Å². The molecule has 1 amide bonds. The summed E-state index contributed by atoms with van der Waals surface area (Å²) in [6.07, 6.45) is 4.36. The Hall–Kier alpha value is -2.60. The predicted octanol–water partition coefficient (Wildman–Crippen LogP) is 1.28. The summed E-state index contributed by atoms with van der Waals surface area (Å²) in [4.78, 5) is 31.9. The maximum atomic E-state index is 12.9. The van der Waals surface area contributed by atoms with Crippen LogP contribution in [0.3, 0.4) is 0 Å². The summed E-state index contributed by atoms with van der Waals surface area (Å²) in [5.41, 5.74) is 1.68. The third kappa shape index (κ3) is 4.33. The van der Waals surface area contributed by atoms with Crippen LogP contribution < -0.4 is 10.9 Å². The van der Waals surface area contributed by atoms with Gasteiger partial charge >= 0.3 is 0 Å². The number of fused-ring (bicyclic) bond motifs is 3. The van der Waals surface area contributed by atoms with Crippen LogP contribution in [0.4, 0.5) is 0 Å². The van der Waals surface area contributed by atoms with Gasteiger partial charge in [0.2, 0.25) is 15.9 Å². The van der Waals surface area contributed by atoms with Crippen LogP contribution in [0, 0.1) is 0 Å². The maximum absolute atomic E-state index is 12.9. The lowest BCUT2D eigenvalue weighted by Crippen LogP contribution is -2.40. The first-order valence-corrected chi connectivity index (χ1v) is 13.1. The van der Waals surface area contributed by atoms with E-state index in [0.717, 1.165) is 35.2 Å². The summed E-state index contributed by atoms with van der Waals surface area (Å²) < 4.78 is 33.4. The highest BCUT2D eigenvalue weighted by Gasteiger charge is 2.26. The second-order valence-electron chi connectivity index (χ2n) is 8.15. The van der Waals surface area contributed by atoms with Crippen LogP contribution in [0.5, 0.6) is 0 Å². The second-order valence-corrected chi connectivity index (χ2v) is 11.2. The monoisotopic (exact) mass is 488 g/mol. The molecule has 1 saturated heterocycles. The molecule has 3 aromatic rings. The van der Waals surface area contributed by atoms with Gasteiger partial charge in [-0.05, 0) is 42.5 Å². The maximum Gasteiger partial charge on any atom is 0.262 e. The number of carbonyl (C=O) groups excluding carboxylic acids is 1. The molecule has 5 rings (SSSR count). The number of nitrogens with zero attached hydrogens (tertiary/aromatic N) is 3. The fourth-order valence-corrected chi connectivity index (χ4v) is 6.89. The fraction of sp³-hybridized carbons (Fsp3) is 0.409. The summed E-state index contributed by atoms with van der Waals surface area (Å²) in [6, 6.07) is 6.46. The summed E-state index contributed by atoms with van der Waals surface area (Å²) in [5.74, 6) is -0.310.